The minimum absolute atomic E-state index is 0.107. The average Bonchev–Trinajstić information content (AvgIpc) is 2.27. The molecule has 84 valence electrons. The van der Waals surface area contributed by atoms with Gasteiger partial charge >= 0.3 is 0 Å². The molecule has 0 aliphatic heterocycles. The summed E-state index contributed by atoms with van der Waals surface area (Å²) in [6.45, 7) is 0. The Labute approximate surface area is 91.2 Å². The maximum Gasteiger partial charge on any atom is 0.279 e. The molecule has 0 radical (unpaired) electrons. The lowest BCUT2D eigenvalue weighted by Crippen LogP contribution is -2.07. The minimum atomic E-state index is -0.581. The fraction of sp³-hybridized carbons (Fsp3) is 0.400. The second-order valence-electron chi connectivity index (χ2n) is 3.82. The number of nitro benzene ring substituents is 2. The molecule has 0 amide bonds. The van der Waals surface area contributed by atoms with E-state index in [0.29, 0.717) is 18.4 Å². The van der Waals surface area contributed by atoms with Crippen molar-refractivity contribution in [3.05, 3.63) is 43.5 Å². The summed E-state index contributed by atoms with van der Waals surface area (Å²) in [7, 11) is 0. The molecule has 0 aromatic heterocycles. The van der Waals surface area contributed by atoms with Crippen LogP contribution in [0.3, 0.4) is 0 Å². The summed E-state index contributed by atoms with van der Waals surface area (Å²) < 4.78 is 0. The smallest absolute Gasteiger partial charge is 0.258 e. The van der Waals surface area contributed by atoms with Crippen molar-refractivity contribution in [1.29, 1.82) is 0 Å². The van der Waals surface area contributed by atoms with Gasteiger partial charge in [-0.05, 0) is 31.2 Å². The van der Waals surface area contributed by atoms with Gasteiger partial charge < -0.3 is 0 Å². The van der Waals surface area contributed by atoms with Crippen LogP contribution in [0.2, 0.25) is 0 Å². The van der Waals surface area contributed by atoms with Gasteiger partial charge in [-0.3, -0.25) is 20.2 Å². The van der Waals surface area contributed by atoms with Crippen LogP contribution in [0.1, 0.15) is 24.0 Å². The fourth-order valence-corrected chi connectivity index (χ4v) is 2.10. The number of hydrogen-bond acceptors (Lipinski definition) is 4. The van der Waals surface area contributed by atoms with Gasteiger partial charge in [-0.25, -0.2) is 0 Å². The van der Waals surface area contributed by atoms with Gasteiger partial charge in [0.1, 0.15) is 0 Å². The molecule has 6 heteroatoms. The molecule has 0 fully saturated rings. The van der Waals surface area contributed by atoms with Crippen LogP contribution >= 0.6 is 0 Å². The molecule has 0 spiro atoms. The van der Waals surface area contributed by atoms with Crippen LogP contribution in [0.15, 0.2) is 12.1 Å². The summed E-state index contributed by atoms with van der Waals surface area (Å²) in [5.74, 6) is 0. The molecular formula is C10H10N2O4. The number of non-ortho nitro benzene ring substituents is 1. The Hall–Kier alpha value is -1.98. The van der Waals surface area contributed by atoms with Crippen molar-refractivity contribution in [2.75, 3.05) is 0 Å². The lowest BCUT2D eigenvalue weighted by molar-refractivity contribution is -0.394. The van der Waals surface area contributed by atoms with Crippen LogP contribution in [-0.2, 0) is 12.8 Å². The van der Waals surface area contributed by atoms with E-state index in [9.17, 15) is 20.2 Å². The van der Waals surface area contributed by atoms with E-state index in [4.69, 9.17) is 0 Å². The van der Waals surface area contributed by atoms with Gasteiger partial charge in [-0.15, -0.1) is 0 Å². The third kappa shape index (κ3) is 1.73. The van der Waals surface area contributed by atoms with Gasteiger partial charge in [-0.1, -0.05) is 0 Å². The Balaban J connectivity index is 2.61. The highest BCUT2D eigenvalue weighted by Crippen LogP contribution is 2.33. The first-order chi connectivity index (χ1) is 7.59. The summed E-state index contributed by atoms with van der Waals surface area (Å²) >= 11 is 0. The van der Waals surface area contributed by atoms with Crippen molar-refractivity contribution in [3.63, 3.8) is 0 Å². The summed E-state index contributed by atoms with van der Waals surface area (Å²) in [4.78, 5) is 20.4. The fourth-order valence-electron chi connectivity index (χ4n) is 2.10. The highest BCUT2D eigenvalue weighted by atomic mass is 16.6. The van der Waals surface area contributed by atoms with Crippen LogP contribution in [0.25, 0.3) is 0 Å². The predicted octanol–water partition coefficient (Wildman–Crippen LogP) is 2.38. The Morgan fingerprint density at radius 3 is 2.31 bits per heavy atom. The molecule has 0 saturated carbocycles. The van der Waals surface area contributed by atoms with Crippen molar-refractivity contribution < 1.29 is 9.85 Å². The van der Waals surface area contributed by atoms with Crippen LogP contribution in [0.5, 0.6) is 0 Å². The zero-order chi connectivity index (χ0) is 11.7. The largest absolute Gasteiger partial charge is 0.279 e. The summed E-state index contributed by atoms with van der Waals surface area (Å²) in [5.41, 5.74) is 1.13. The number of aryl methyl sites for hydroxylation is 1. The summed E-state index contributed by atoms with van der Waals surface area (Å²) in [6, 6.07) is 2.52. The number of fused-ring (bicyclic) bond motifs is 1. The van der Waals surface area contributed by atoms with Gasteiger partial charge in [-0.2, -0.15) is 0 Å². The first-order valence-corrected chi connectivity index (χ1v) is 5.04. The van der Waals surface area contributed by atoms with Gasteiger partial charge in [0.15, 0.2) is 0 Å². The molecule has 1 aromatic rings. The average molecular weight is 222 g/mol. The third-order valence-electron chi connectivity index (χ3n) is 2.83. The number of benzene rings is 1. The quantitative estimate of drug-likeness (QED) is 0.567. The van der Waals surface area contributed by atoms with Gasteiger partial charge in [0.05, 0.1) is 15.9 Å². The van der Waals surface area contributed by atoms with Crippen LogP contribution < -0.4 is 0 Å². The molecule has 16 heavy (non-hydrogen) atoms. The Morgan fingerprint density at radius 2 is 1.69 bits per heavy atom. The Morgan fingerprint density at radius 1 is 1.00 bits per heavy atom. The second-order valence-corrected chi connectivity index (χ2v) is 3.82. The normalized spacial score (nSPS) is 14.2. The number of nitro groups is 2. The Kier molecular flexibility index (Phi) is 2.55. The van der Waals surface area contributed by atoms with Crippen LogP contribution in [0.4, 0.5) is 11.4 Å². The van der Waals surface area contributed by atoms with E-state index in [1.54, 1.807) is 0 Å². The van der Waals surface area contributed by atoms with Gasteiger partial charge in [0.2, 0.25) is 0 Å². The van der Waals surface area contributed by atoms with E-state index in [0.717, 1.165) is 24.5 Å². The molecule has 0 bridgehead atoms. The third-order valence-corrected chi connectivity index (χ3v) is 2.83. The van der Waals surface area contributed by atoms with Crippen molar-refractivity contribution in [1.82, 2.24) is 0 Å². The highest BCUT2D eigenvalue weighted by molar-refractivity contribution is 5.54. The van der Waals surface area contributed by atoms with E-state index >= 15 is 0 Å². The molecule has 6 nitrogen and oxygen atoms in total. The zero-order valence-electron chi connectivity index (χ0n) is 8.51. The maximum atomic E-state index is 10.8. The first-order valence-electron chi connectivity index (χ1n) is 5.04. The summed E-state index contributed by atoms with van der Waals surface area (Å²) in [5, 5.41) is 21.5. The number of rotatable bonds is 2. The standard InChI is InChI=1S/C10H10N2O4/c13-11(14)8-5-7-3-1-2-4-9(7)10(6-8)12(15)16/h5-6H,1-4H2. The van der Waals surface area contributed by atoms with Crippen molar-refractivity contribution >= 4 is 11.4 Å². The topological polar surface area (TPSA) is 86.3 Å². The summed E-state index contributed by atoms with van der Waals surface area (Å²) in [6.07, 6.45) is 3.18. The van der Waals surface area contributed by atoms with E-state index in [2.05, 4.69) is 0 Å². The molecule has 2 rings (SSSR count). The van der Waals surface area contributed by atoms with Crippen LogP contribution in [-0.4, -0.2) is 9.85 Å². The van der Waals surface area contributed by atoms with E-state index < -0.39 is 9.85 Å². The molecular weight excluding hydrogens is 212 g/mol. The highest BCUT2D eigenvalue weighted by Gasteiger charge is 2.25. The van der Waals surface area contributed by atoms with Gasteiger partial charge in [0.25, 0.3) is 11.4 Å². The van der Waals surface area contributed by atoms with E-state index in [1.807, 2.05) is 0 Å². The Bertz CT molecular complexity index is 470. The number of hydrogen-bond donors (Lipinski definition) is 0. The molecule has 1 aliphatic rings. The first kappa shape index (κ1) is 10.5. The molecule has 0 heterocycles. The lowest BCUT2D eigenvalue weighted by Gasteiger charge is -2.14. The van der Waals surface area contributed by atoms with Gasteiger partial charge in [0, 0.05) is 11.6 Å². The van der Waals surface area contributed by atoms with E-state index in [-0.39, 0.29) is 11.4 Å². The van der Waals surface area contributed by atoms with Crippen molar-refractivity contribution in [2.45, 2.75) is 25.7 Å². The zero-order valence-corrected chi connectivity index (χ0v) is 8.51. The van der Waals surface area contributed by atoms with Crippen LogP contribution in [0, 0.1) is 20.2 Å². The maximum absolute atomic E-state index is 10.8. The molecule has 1 aromatic carbocycles. The van der Waals surface area contributed by atoms with E-state index in [1.165, 1.54) is 6.07 Å². The number of nitrogens with zero attached hydrogens (tertiary/aromatic N) is 2. The second kappa shape index (κ2) is 3.88. The van der Waals surface area contributed by atoms with Crippen molar-refractivity contribution in [2.24, 2.45) is 0 Å². The minimum Gasteiger partial charge on any atom is -0.258 e. The van der Waals surface area contributed by atoms with Crippen molar-refractivity contribution in [3.8, 4) is 0 Å². The molecule has 0 atom stereocenters. The lowest BCUT2D eigenvalue weighted by atomic mass is 9.90. The molecule has 1 aliphatic carbocycles. The molecule has 0 saturated heterocycles. The SMILES string of the molecule is O=[N+]([O-])c1cc2c(c([N+](=O)[O-])c1)CCCC2. The monoisotopic (exact) mass is 222 g/mol. The molecule has 0 N–H and O–H groups in total. The molecule has 0 unspecified atom stereocenters. The predicted molar refractivity (Wildman–Crippen MR) is 56.4 cm³/mol.